The minimum Gasteiger partial charge on any atom is -0.314 e. The van der Waals surface area contributed by atoms with Crippen LogP contribution in [0.1, 0.15) is 46.5 Å². The second-order valence-electron chi connectivity index (χ2n) is 4.67. The maximum Gasteiger partial charge on any atom is 0.00674 e. The summed E-state index contributed by atoms with van der Waals surface area (Å²) < 4.78 is 0. The van der Waals surface area contributed by atoms with Crippen molar-refractivity contribution in [2.75, 3.05) is 19.6 Å². The molecule has 0 saturated carbocycles. The zero-order valence-electron chi connectivity index (χ0n) is 10.1. The van der Waals surface area contributed by atoms with Crippen molar-refractivity contribution in [3.05, 3.63) is 0 Å². The fourth-order valence-electron chi connectivity index (χ4n) is 2.18. The summed E-state index contributed by atoms with van der Waals surface area (Å²) in [5.74, 6) is 0. The normalized spacial score (nSPS) is 25.5. The van der Waals surface area contributed by atoms with E-state index in [4.69, 9.17) is 0 Å². The summed E-state index contributed by atoms with van der Waals surface area (Å²) in [5.41, 5.74) is 0. The lowest BCUT2D eigenvalue weighted by molar-refractivity contribution is 0.254. The highest BCUT2D eigenvalue weighted by Gasteiger charge is 2.19. The summed E-state index contributed by atoms with van der Waals surface area (Å²) in [5, 5.41) is 3.54. The Balaban J connectivity index is 2.07. The average Bonchev–Trinajstić information content (AvgIpc) is 2.58. The van der Waals surface area contributed by atoms with Crippen LogP contribution >= 0.6 is 0 Å². The number of likely N-dealkylation sites (tertiary alicyclic amines) is 1. The lowest BCUT2D eigenvalue weighted by atomic mass is 10.2. The zero-order valence-corrected chi connectivity index (χ0v) is 10.1. The van der Waals surface area contributed by atoms with Gasteiger partial charge < -0.3 is 10.2 Å². The van der Waals surface area contributed by atoms with E-state index in [1.807, 2.05) is 0 Å². The van der Waals surface area contributed by atoms with Crippen molar-refractivity contribution < 1.29 is 0 Å². The Bertz CT molecular complexity index is 147. The van der Waals surface area contributed by atoms with Crippen LogP contribution < -0.4 is 5.32 Å². The van der Waals surface area contributed by atoms with Gasteiger partial charge in [0, 0.05) is 12.1 Å². The van der Waals surface area contributed by atoms with E-state index in [9.17, 15) is 0 Å². The molecule has 0 aromatic carbocycles. The van der Waals surface area contributed by atoms with E-state index in [2.05, 4.69) is 31.0 Å². The number of nitrogens with zero attached hydrogens (tertiary/aromatic N) is 1. The Hall–Kier alpha value is -0.0800. The molecule has 0 amide bonds. The highest BCUT2D eigenvalue weighted by molar-refractivity contribution is 4.76. The summed E-state index contributed by atoms with van der Waals surface area (Å²) in [6.45, 7) is 10.6. The Labute approximate surface area is 89.1 Å². The van der Waals surface area contributed by atoms with Crippen LogP contribution in [0.5, 0.6) is 0 Å². The van der Waals surface area contributed by atoms with Gasteiger partial charge in [-0.25, -0.2) is 0 Å². The molecule has 2 atom stereocenters. The fraction of sp³-hybridized carbons (Fsp3) is 1.00. The van der Waals surface area contributed by atoms with Gasteiger partial charge in [-0.2, -0.15) is 0 Å². The molecule has 1 saturated heterocycles. The van der Waals surface area contributed by atoms with Crippen molar-refractivity contribution in [3.63, 3.8) is 0 Å². The van der Waals surface area contributed by atoms with Crippen molar-refractivity contribution in [2.24, 2.45) is 0 Å². The predicted molar refractivity (Wildman–Crippen MR) is 62.6 cm³/mol. The van der Waals surface area contributed by atoms with Crippen LogP contribution in [0.4, 0.5) is 0 Å². The summed E-state index contributed by atoms with van der Waals surface area (Å²) in [7, 11) is 0. The summed E-state index contributed by atoms with van der Waals surface area (Å²) >= 11 is 0. The SMILES string of the molecule is CCCNC(C)CCN1CCCC1C. The molecule has 0 aliphatic carbocycles. The van der Waals surface area contributed by atoms with Crippen molar-refractivity contribution in [2.45, 2.75) is 58.5 Å². The van der Waals surface area contributed by atoms with Crippen LogP contribution in [0.25, 0.3) is 0 Å². The average molecular weight is 198 g/mol. The van der Waals surface area contributed by atoms with Gasteiger partial charge in [-0.1, -0.05) is 6.92 Å². The Morgan fingerprint density at radius 2 is 2.29 bits per heavy atom. The third kappa shape index (κ3) is 3.97. The van der Waals surface area contributed by atoms with Gasteiger partial charge in [0.05, 0.1) is 0 Å². The van der Waals surface area contributed by atoms with E-state index in [0.29, 0.717) is 6.04 Å². The molecular formula is C12H26N2. The minimum atomic E-state index is 0.683. The zero-order chi connectivity index (χ0) is 10.4. The topological polar surface area (TPSA) is 15.3 Å². The molecule has 0 radical (unpaired) electrons. The summed E-state index contributed by atoms with van der Waals surface area (Å²) in [6, 6.07) is 1.51. The third-order valence-electron chi connectivity index (χ3n) is 3.28. The summed E-state index contributed by atoms with van der Waals surface area (Å²) in [4.78, 5) is 2.63. The standard InChI is InChI=1S/C12H26N2/c1-4-8-13-11(2)7-10-14-9-5-6-12(14)3/h11-13H,4-10H2,1-3H3. The number of hydrogen-bond donors (Lipinski definition) is 1. The van der Waals surface area contributed by atoms with Crippen LogP contribution in [-0.2, 0) is 0 Å². The molecule has 0 bridgehead atoms. The molecule has 0 aromatic rings. The maximum atomic E-state index is 3.54. The van der Waals surface area contributed by atoms with E-state index in [0.717, 1.165) is 12.6 Å². The van der Waals surface area contributed by atoms with Crippen molar-refractivity contribution >= 4 is 0 Å². The molecule has 2 heteroatoms. The van der Waals surface area contributed by atoms with E-state index in [1.54, 1.807) is 0 Å². The molecule has 1 aliphatic heterocycles. The van der Waals surface area contributed by atoms with Crippen LogP contribution in [0, 0.1) is 0 Å². The van der Waals surface area contributed by atoms with Crippen LogP contribution in [0.2, 0.25) is 0 Å². The van der Waals surface area contributed by atoms with Gasteiger partial charge in [-0.05, 0) is 59.2 Å². The molecule has 2 unspecified atom stereocenters. The van der Waals surface area contributed by atoms with Gasteiger partial charge in [-0.15, -0.1) is 0 Å². The van der Waals surface area contributed by atoms with E-state index in [-0.39, 0.29) is 0 Å². The Morgan fingerprint density at radius 3 is 2.86 bits per heavy atom. The van der Waals surface area contributed by atoms with E-state index >= 15 is 0 Å². The highest BCUT2D eigenvalue weighted by Crippen LogP contribution is 2.16. The molecule has 2 nitrogen and oxygen atoms in total. The van der Waals surface area contributed by atoms with Gasteiger partial charge in [0.1, 0.15) is 0 Å². The third-order valence-corrected chi connectivity index (χ3v) is 3.28. The molecule has 1 rings (SSSR count). The number of hydrogen-bond acceptors (Lipinski definition) is 2. The smallest absolute Gasteiger partial charge is 0.00674 e. The van der Waals surface area contributed by atoms with Gasteiger partial charge in [0.25, 0.3) is 0 Å². The molecule has 1 aliphatic rings. The first-order valence-electron chi connectivity index (χ1n) is 6.21. The van der Waals surface area contributed by atoms with Crippen LogP contribution in [0.15, 0.2) is 0 Å². The lowest BCUT2D eigenvalue weighted by Crippen LogP contribution is -2.34. The molecule has 1 heterocycles. The second kappa shape index (κ2) is 6.41. The van der Waals surface area contributed by atoms with Crippen molar-refractivity contribution in [1.82, 2.24) is 10.2 Å². The molecule has 14 heavy (non-hydrogen) atoms. The molecule has 84 valence electrons. The number of nitrogens with one attached hydrogen (secondary N) is 1. The van der Waals surface area contributed by atoms with Gasteiger partial charge in [0.15, 0.2) is 0 Å². The molecular weight excluding hydrogens is 172 g/mol. The summed E-state index contributed by atoms with van der Waals surface area (Å²) in [6.07, 6.45) is 5.34. The largest absolute Gasteiger partial charge is 0.314 e. The molecule has 1 fully saturated rings. The molecule has 1 N–H and O–H groups in total. The fourth-order valence-corrected chi connectivity index (χ4v) is 2.18. The lowest BCUT2D eigenvalue weighted by Gasteiger charge is -2.23. The van der Waals surface area contributed by atoms with Crippen molar-refractivity contribution in [1.29, 1.82) is 0 Å². The Morgan fingerprint density at radius 1 is 1.50 bits per heavy atom. The van der Waals surface area contributed by atoms with Gasteiger partial charge >= 0.3 is 0 Å². The van der Waals surface area contributed by atoms with Crippen LogP contribution in [-0.4, -0.2) is 36.6 Å². The minimum absolute atomic E-state index is 0.683. The van der Waals surface area contributed by atoms with Crippen LogP contribution in [0.3, 0.4) is 0 Å². The first kappa shape index (κ1) is 12.0. The quantitative estimate of drug-likeness (QED) is 0.704. The first-order chi connectivity index (χ1) is 6.74. The second-order valence-corrected chi connectivity index (χ2v) is 4.67. The predicted octanol–water partition coefficient (Wildman–Crippen LogP) is 2.25. The van der Waals surface area contributed by atoms with E-state index in [1.165, 1.54) is 38.8 Å². The molecule has 0 spiro atoms. The van der Waals surface area contributed by atoms with E-state index < -0.39 is 0 Å². The first-order valence-corrected chi connectivity index (χ1v) is 6.21. The Kier molecular flexibility index (Phi) is 5.49. The molecule has 0 aromatic heterocycles. The highest BCUT2D eigenvalue weighted by atomic mass is 15.2. The van der Waals surface area contributed by atoms with Crippen molar-refractivity contribution in [3.8, 4) is 0 Å². The van der Waals surface area contributed by atoms with Gasteiger partial charge in [-0.3, -0.25) is 0 Å². The van der Waals surface area contributed by atoms with Gasteiger partial charge in [0.2, 0.25) is 0 Å². The number of rotatable bonds is 6. The monoisotopic (exact) mass is 198 g/mol. The maximum absolute atomic E-state index is 3.54.